The molecule has 2 aromatic rings. The molecule has 3 heterocycles. The predicted octanol–water partition coefficient (Wildman–Crippen LogP) is 1.06. The highest BCUT2D eigenvalue weighted by molar-refractivity contribution is 5.91. The molecular formula is C19H25N5O4. The lowest BCUT2D eigenvalue weighted by Gasteiger charge is -2.35. The first-order valence-corrected chi connectivity index (χ1v) is 9.30. The first-order chi connectivity index (χ1) is 14.5. The van der Waals surface area contributed by atoms with Crippen LogP contribution in [0.25, 0.3) is 10.9 Å². The number of amides is 1. The number of carbonyl (C=O) groups excluding carboxylic acids is 1. The van der Waals surface area contributed by atoms with Gasteiger partial charge in [-0.2, -0.15) is 4.98 Å². The van der Waals surface area contributed by atoms with Crippen molar-refractivity contribution in [2.75, 3.05) is 57.6 Å². The van der Waals surface area contributed by atoms with Gasteiger partial charge in [-0.25, -0.2) is 4.98 Å². The van der Waals surface area contributed by atoms with Crippen molar-refractivity contribution in [3.8, 4) is 11.5 Å². The second-order valence-electron chi connectivity index (χ2n) is 6.76. The van der Waals surface area contributed by atoms with Gasteiger partial charge in [-0.15, -0.1) is 0 Å². The highest BCUT2D eigenvalue weighted by atomic mass is 16.5. The van der Waals surface area contributed by atoms with Crippen LogP contribution in [-0.2, 0) is 9.53 Å². The molecule has 2 aliphatic heterocycles. The molecule has 2 saturated heterocycles. The predicted molar refractivity (Wildman–Crippen MR) is 105 cm³/mol. The SMILES string of the molecule is [2H]c1c(OC)c(OC)c([2H])c2c(N)nc(N3CCN(C(=O)C4CCCO4)CC3)nc12. The van der Waals surface area contributed by atoms with Crippen LogP contribution in [0, 0.1) is 0 Å². The van der Waals surface area contributed by atoms with Gasteiger partial charge in [0.25, 0.3) is 5.91 Å². The van der Waals surface area contributed by atoms with E-state index in [1.54, 1.807) is 0 Å². The summed E-state index contributed by atoms with van der Waals surface area (Å²) in [6.07, 6.45) is 1.37. The maximum Gasteiger partial charge on any atom is 0.251 e. The highest BCUT2D eigenvalue weighted by Crippen LogP contribution is 2.34. The Hall–Kier alpha value is -2.81. The minimum atomic E-state index is -0.326. The molecule has 1 unspecified atom stereocenters. The number of aromatic nitrogens is 2. The van der Waals surface area contributed by atoms with Crippen LogP contribution < -0.4 is 20.1 Å². The number of nitrogen functional groups attached to an aromatic ring is 1. The summed E-state index contributed by atoms with van der Waals surface area (Å²) in [5.74, 6) is 0.761. The van der Waals surface area contributed by atoms with E-state index in [0.717, 1.165) is 12.8 Å². The number of ether oxygens (including phenoxy) is 3. The molecule has 0 spiro atoms. The van der Waals surface area contributed by atoms with Gasteiger partial charge >= 0.3 is 0 Å². The zero-order valence-electron chi connectivity index (χ0n) is 18.0. The van der Waals surface area contributed by atoms with E-state index in [-0.39, 0.29) is 52.3 Å². The van der Waals surface area contributed by atoms with E-state index in [1.807, 2.05) is 9.80 Å². The third kappa shape index (κ3) is 3.37. The summed E-state index contributed by atoms with van der Waals surface area (Å²) in [6, 6.07) is -0.0284. The molecule has 0 bridgehead atoms. The van der Waals surface area contributed by atoms with E-state index in [9.17, 15) is 4.79 Å². The van der Waals surface area contributed by atoms with Gasteiger partial charge in [0.15, 0.2) is 11.5 Å². The van der Waals surface area contributed by atoms with Crippen molar-refractivity contribution in [3.05, 3.63) is 12.1 Å². The number of nitrogens with zero attached hydrogens (tertiary/aromatic N) is 4. The van der Waals surface area contributed by atoms with Gasteiger partial charge in [-0.05, 0) is 18.9 Å². The van der Waals surface area contributed by atoms with Crippen LogP contribution in [0.2, 0.25) is 0 Å². The molecule has 2 fully saturated rings. The number of methoxy groups -OCH3 is 2. The summed E-state index contributed by atoms with van der Waals surface area (Å²) in [7, 11) is 2.82. The lowest BCUT2D eigenvalue weighted by Crippen LogP contribution is -2.51. The molecule has 2 N–H and O–H groups in total. The zero-order chi connectivity index (χ0) is 21.4. The third-order valence-corrected chi connectivity index (χ3v) is 5.09. The Morgan fingerprint density at radius 1 is 1.21 bits per heavy atom. The van der Waals surface area contributed by atoms with Crippen LogP contribution in [0.1, 0.15) is 15.6 Å². The smallest absolute Gasteiger partial charge is 0.251 e. The molecule has 28 heavy (non-hydrogen) atoms. The number of fused-ring (bicyclic) bond motifs is 1. The molecule has 4 rings (SSSR count). The highest BCUT2D eigenvalue weighted by Gasteiger charge is 2.31. The Bertz CT molecular complexity index is 976. The van der Waals surface area contributed by atoms with Crippen LogP contribution in [0.15, 0.2) is 12.1 Å². The fraction of sp³-hybridized carbons (Fsp3) is 0.526. The maximum atomic E-state index is 12.5. The minimum absolute atomic E-state index is 0.0112. The van der Waals surface area contributed by atoms with E-state index >= 15 is 0 Å². The lowest BCUT2D eigenvalue weighted by molar-refractivity contribution is -0.141. The molecule has 0 aliphatic carbocycles. The number of hydrogen-bond donors (Lipinski definition) is 1. The topological polar surface area (TPSA) is 103 Å². The Labute approximate surface area is 166 Å². The Morgan fingerprint density at radius 2 is 1.93 bits per heavy atom. The zero-order valence-corrected chi connectivity index (χ0v) is 16.0. The fourth-order valence-corrected chi connectivity index (χ4v) is 3.55. The molecule has 1 aromatic carbocycles. The van der Waals surface area contributed by atoms with Gasteiger partial charge in [0.05, 0.1) is 22.5 Å². The first kappa shape index (κ1) is 16.2. The van der Waals surface area contributed by atoms with Gasteiger partial charge in [-0.1, -0.05) is 0 Å². The second-order valence-corrected chi connectivity index (χ2v) is 6.76. The van der Waals surface area contributed by atoms with Crippen LogP contribution in [0.5, 0.6) is 11.5 Å². The standard InChI is InChI=1S/C19H25N5O4/c1-26-15-10-12-13(11-16(15)27-2)21-19(22-17(12)20)24-7-5-23(6-8-24)18(25)14-4-3-9-28-14/h10-11,14H,3-9H2,1-2H3,(H2,20,21,22)/i10D,11D. The summed E-state index contributed by atoms with van der Waals surface area (Å²) >= 11 is 0. The Balaban J connectivity index is 1.61. The van der Waals surface area contributed by atoms with Crippen LogP contribution in [0.3, 0.4) is 0 Å². The molecule has 9 heteroatoms. The maximum absolute atomic E-state index is 12.5. The average molecular weight is 389 g/mol. The monoisotopic (exact) mass is 389 g/mol. The van der Waals surface area contributed by atoms with Gasteiger partial charge < -0.3 is 29.7 Å². The minimum Gasteiger partial charge on any atom is -0.493 e. The molecule has 2 aliphatic rings. The van der Waals surface area contributed by atoms with E-state index < -0.39 is 0 Å². The molecule has 150 valence electrons. The Morgan fingerprint density at radius 3 is 2.57 bits per heavy atom. The average Bonchev–Trinajstić information content (AvgIpc) is 3.30. The van der Waals surface area contributed by atoms with E-state index in [0.29, 0.717) is 38.7 Å². The summed E-state index contributed by atoms with van der Waals surface area (Å²) < 4.78 is 32.8. The van der Waals surface area contributed by atoms with Crippen molar-refractivity contribution in [1.29, 1.82) is 0 Å². The lowest BCUT2D eigenvalue weighted by atomic mass is 10.2. The van der Waals surface area contributed by atoms with Crippen molar-refractivity contribution in [1.82, 2.24) is 14.9 Å². The van der Waals surface area contributed by atoms with Crippen molar-refractivity contribution in [3.63, 3.8) is 0 Å². The Kier molecular flexibility index (Phi) is 4.43. The van der Waals surface area contributed by atoms with Gasteiger partial charge in [-0.3, -0.25) is 4.79 Å². The third-order valence-electron chi connectivity index (χ3n) is 5.09. The molecule has 0 radical (unpaired) electrons. The number of rotatable bonds is 4. The van der Waals surface area contributed by atoms with Crippen molar-refractivity contribution in [2.45, 2.75) is 18.9 Å². The number of anilines is 2. The summed E-state index contributed by atoms with van der Waals surface area (Å²) in [6.45, 7) is 2.78. The van der Waals surface area contributed by atoms with Crippen molar-refractivity contribution >= 4 is 28.6 Å². The normalized spacial score (nSPS) is 20.9. The number of carbonyl (C=O) groups is 1. The van der Waals surface area contributed by atoms with Gasteiger partial charge in [0.1, 0.15) is 11.9 Å². The molecule has 0 saturated carbocycles. The molecule has 1 atom stereocenters. The van der Waals surface area contributed by atoms with E-state index in [1.165, 1.54) is 14.2 Å². The largest absolute Gasteiger partial charge is 0.493 e. The van der Waals surface area contributed by atoms with E-state index in [2.05, 4.69) is 9.97 Å². The second kappa shape index (κ2) is 7.67. The quantitative estimate of drug-likeness (QED) is 0.828. The number of benzene rings is 1. The molecule has 1 amide bonds. The van der Waals surface area contributed by atoms with Crippen molar-refractivity contribution in [2.24, 2.45) is 0 Å². The fourth-order valence-electron chi connectivity index (χ4n) is 3.55. The summed E-state index contributed by atoms with van der Waals surface area (Å²) in [4.78, 5) is 25.2. The number of hydrogen-bond acceptors (Lipinski definition) is 8. The van der Waals surface area contributed by atoms with E-state index in [4.69, 9.17) is 22.7 Å². The molecule has 9 nitrogen and oxygen atoms in total. The van der Waals surface area contributed by atoms with Crippen LogP contribution in [-0.4, -0.2) is 73.9 Å². The van der Waals surface area contributed by atoms with Crippen LogP contribution >= 0.6 is 0 Å². The molecule has 1 aromatic heterocycles. The number of piperazine rings is 1. The number of nitrogens with two attached hydrogens (primary N) is 1. The first-order valence-electron chi connectivity index (χ1n) is 10.3. The van der Waals surface area contributed by atoms with Gasteiger partial charge in [0.2, 0.25) is 5.95 Å². The van der Waals surface area contributed by atoms with Crippen LogP contribution in [0.4, 0.5) is 11.8 Å². The summed E-state index contributed by atoms with van der Waals surface area (Å²) in [5, 5.41) is 0.258. The summed E-state index contributed by atoms with van der Waals surface area (Å²) in [5.41, 5.74) is 6.38. The van der Waals surface area contributed by atoms with Crippen molar-refractivity contribution < 1.29 is 21.7 Å². The van der Waals surface area contributed by atoms with Gasteiger partial charge in [0, 0.05) is 44.2 Å². The molecular weight excluding hydrogens is 362 g/mol.